The summed E-state index contributed by atoms with van der Waals surface area (Å²) >= 11 is 0. The summed E-state index contributed by atoms with van der Waals surface area (Å²) < 4.78 is 41.6. The summed E-state index contributed by atoms with van der Waals surface area (Å²) in [5.41, 5.74) is 0. The highest BCUT2D eigenvalue weighted by atomic mass is 32.2. The summed E-state index contributed by atoms with van der Waals surface area (Å²) in [5, 5.41) is 8.18. The van der Waals surface area contributed by atoms with E-state index in [0.29, 0.717) is 11.7 Å². The summed E-state index contributed by atoms with van der Waals surface area (Å²) in [7, 11) is -0.667. The van der Waals surface area contributed by atoms with Crippen molar-refractivity contribution in [3.05, 3.63) is 41.7 Å². The largest absolute Gasteiger partial charge is 0.317 e. The molecule has 0 N–H and O–H groups in total. The van der Waals surface area contributed by atoms with Crippen LogP contribution in [0.5, 0.6) is 0 Å². The molecule has 1 heterocycles. The van der Waals surface area contributed by atoms with Crippen molar-refractivity contribution in [1.29, 1.82) is 0 Å². The Morgan fingerprint density at radius 2 is 2.00 bits per heavy atom. The van der Waals surface area contributed by atoms with Crippen molar-refractivity contribution in [2.45, 2.75) is 30.2 Å². The van der Waals surface area contributed by atoms with Gasteiger partial charge in [0.05, 0.1) is 6.54 Å². The summed E-state index contributed by atoms with van der Waals surface area (Å²) in [6.45, 7) is 0.0485. The molecule has 1 aliphatic rings. The molecule has 0 radical (unpaired) electrons. The third-order valence-electron chi connectivity index (χ3n) is 3.83. The lowest BCUT2D eigenvalue weighted by Crippen LogP contribution is -2.28. The van der Waals surface area contributed by atoms with Gasteiger partial charge in [-0.05, 0) is 25.0 Å². The van der Waals surface area contributed by atoms with Crippen LogP contribution in [0.25, 0.3) is 0 Å². The molecule has 0 amide bonds. The molecule has 1 fully saturated rings. The lowest BCUT2D eigenvalue weighted by Gasteiger charge is -2.17. The zero-order chi connectivity index (χ0) is 15.9. The second kappa shape index (κ2) is 5.44. The Bertz CT molecular complexity index is 799. The fraction of sp³-hybridized carbons (Fsp3) is 0.429. The highest BCUT2D eigenvalue weighted by Crippen LogP contribution is 2.38. The predicted molar refractivity (Wildman–Crippen MR) is 78.0 cm³/mol. The minimum atomic E-state index is -3.90. The van der Waals surface area contributed by atoms with Crippen molar-refractivity contribution < 1.29 is 12.8 Å². The standard InChI is InChI=1S/C14H17FN4O2S/c1-18(22(20,21)12-6-4-3-5-11(12)15)9-13-16-17-14(19(13)2)10-7-8-10/h3-6,10H,7-9H2,1-2H3. The van der Waals surface area contributed by atoms with Crippen molar-refractivity contribution in [3.8, 4) is 0 Å². The summed E-state index contributed by atoms with van der Waals surface area (Å²) in [5.74, 6) is 1.10. The molecule has 6 nitrogen and oxygen atoms in total. The molecule has 1 aromatic carbocycles. The van der Waals surface area contributed by atoms with Gasteiger partial charge >= 0.3 is 0 Å². The third-order valence-corrected chi connectivity index (χ3v) is 5.67. The van der Waals surface area contributed by atoms with Crippen molar-refractivity contribution in [2.75, 3.05) is 7.05 Å². The SMILES string of the molecule is CN(Cc1nnc(C2CC2)n1C)S(=O)(=O)c1ccccc1F. The van der Waals surface area contributed by atoms with Crippen LogP contribution in [0, 0.1) is 5.82 Å². The first kappa shape index (κ1) is 15.1. The van der Waals surface area contributed by atoms with E-state index in [4.69, 9.17) is 0 Å². The normalized spacial score (nSPS) is 15.5. The van der Waals surface area contributed by atoms with E-state index in [0.717, 1.165) is 29.0 Å². The van der Waals surface area contributed by atoms with Crippen LogP contribution in [-0.2, 0) is 23.6 Å². The Kier molecular flexibility index (Phi) is 3.73. The van der Waals surface area contributed by atoms with Crippen molar-refractivity contribution in [3.63, 3.8) is 0 Å². The van der Waals surface area contributed by atoms with Gasteiger partial charge in [-0.1, -0.05) is 12.1 Å². The van der Waals surface area contributed by atoms with Crippen molar-refractivity contribution in [2.24, 2.45) is 7.05 Å². The fourth-order valence-electron chi connectivity index (χ4n) is 2.32. The van der Waals surface area contributed by atoms with E-state index in [1.807, 2.05) is 11.6 Å². The molecule has 1 aromatic heterocycles. The summed E-state index contributed by atoms with van der Waals surface area (Å²) in [4.78, 5) is -0.331. The molecular weight excluding hydrogens is 307 g/mol. The molecule has 0 unspecified atom stereocenters. The summed E-state index contributed by atoms with van der Waals surface area (Å²) in [6.07, 6.45) is 2.19. The van der Waals surface area contributed by atoms with Gasteiger partial charge in [0.25, 0.3) is 0 Å². The van der Waals surface area contributed by atoms with Crippen molar-refractivity contribution in [1.82, 2.24) is 19.1 Å². The topological polar surface area (TPSA) is 68.1 Å². The number of hydrogen-bond donors (Lipinski definition) is 0. The molecule has 2 aromatic rings. The van der Waals surface area contributed by atoms with Gasteiger partial charge in [-0.2, -0.15) is 4.31 Å². The van der Waals surface area contributed by atoms with Crippen LogP contribution in [0.15, 0.2) is 29.2 Å². The third kappa shape index (κ3) is 2.64. The predicted octanol–water partition coefficient (Wildman–Crippen LogP) is 1.65. The maximum absolute atomic E-state index is 13.7. The number of rotatable bonds is 5. The number of aromatic nitrogens is 3. The fourth-order valence-corrected chi connectivity index (χ4v) is 3.50. The van der Waals surface area contributed by atoms with E-state index in [9.17, 15) is 12.8 Å². The highest BCUT2D eigenvalue weighted by Gasteiger charge is 2.30. The van der Waals surface area contributed by atoms with Crippen LogP contribution in [0.4, 0.5) is 4.39 Å². The first-order valence-electron chi connectivity index (χ1n) is 7.00. The average molecular weight is 324 g/mol. The van der Waals surface area contributed by atoms with Crippen LogP contribution in [0.3, 0.4) is 0 Å². The van der Waals surface area contributed by atoms with Crippen LogP contribution in [0.2, 0.25) is 0 Å². The molecule has 0 aliphatic heterocycles. The minimum Gasteiger partial charge on any atom is -0.317 e. The zero-order valence-corrected chi connectivity index (χ0v) is 13.2. The Hall–Kier alpha value is -1.80. The monoisotopic (exact) mass is 324 g/mol. The van der Waals surface area contributed by atoms with Gasteiger partial charge < -0.3 is 4.57 Å². The van der Waals surface area contributed by atoms with Gasteiger partial charge in [-0.15, -0.1) is 10.2 Å². The minimum absolute atomic E-state index is 0.0485. The molecule has 3 rings (SSSR count). The lowest BCUT2D eigenvalue weighted by molar-refractivity contribution is 0.444. The van der Waals surface area contributed by atoms with E-state index < -0.39 is 15.8 Å². The van der Waals surface area contributed by atoms with Crippen LogP contribution in [-0.4, -0.2) is 34.5 Å². The van der Waals surface area contributed by atoms with Gasteiger partial charge in [0.2, 0.25) is 10.0 Å². The van der Waals surface area contributed by atoms with Crippen molar-refractivity contribution >= 4 is 10.0 Å². The first-order chi connectivity index (χ1) is 10.4. The maximum Gasteiger partial charge on any atom is 0.246 e. The molecule has 0 spiro atoms. The average Bonchev–Trinajstić information content (AvgIpc) is 3.25. The van der Waals surface area contributed by atoms with Gasteiger partial charge in [-0.3, -0.25) is 0 Å². The lowest BCUT2D eigenvalue weighted by atomic mass is 10.4. The first-order valence-corrected chi connectivity index (χ1v) is 8.44. The number of nitrogens with zero attached hydrogens (tertiary/aromatic N) is 4. The number of hydrogen-bond acceptors (Lipinski definition) is 4. The Balaban J connectivity index is 1.85. The van der Waals surface area contributed by atoms with Gasteiger partial charge in [-0.25, -0.2) is 12.8 Å². The highest BCUT2D eigenvalue weighted by molar-refractivity contribution is 7.89. The van der Waals surface area contributed by atoms with Gasteiger partial charge in [0, 0.05) is 20.0 Å². The Morgan fingerprint density at radius 1 is 1.32 bits per heavy atom. The molecule has 0 saturated heterocycles. The van der Waals surface area contributed by atoms with E-state index >= 15 is 0 Å². The van der Waals surface area contributed by atoms with Gasteiger partial charge in [0.1, 0.15) is 22.4 Å². The molecule has 1 saturated carbocycles. The molecule has 0 bridgehead atoms. The molecule has 0 atom stereocenters. The van der Waals surface area contributed by atoms with Crippen LogP contribution >= 0.6 is 0 Å². The zero-order valence-electron chi connectivity index (χ0n) is 12.4. The van der Waals surface area contributed by atoms with E-state index in [-0.39, 0.29) is 11.4 Å². The molecule has 118 valence electrons. The maximum atomic E-state index is 13.7. The van der Waals surface area contributed by atoms with Crippen LogP contribution < -0.4 is 0 Å². The van der Waals surface area contributed by atoms with E-state index in [1.165, 1.54) is 25.2 Å². The molecule has 8 heteroatoms. The van der Waals surface area contributed by atoms with Crippen LogP contribution in [0.1, 0.15) is 30.4 Å². The van der Waals surface area contributed by atoms with E-state index in [1.54, 1.807) is 0 Å². The molecular formula is C14H17FN4O2S. The number of benzene rings is 1. The Labute approximate surface area is 128 Å². The van der Waals surface area contributed by atoms with Gasteiger partial charge in [0.15, 0.2) is 0 Å². The smallest absolute Gasteiger partial charge is 0.246 e. The summed E-state index contributed by atoms with van der Waals surface area (Å²) in [6, 6.07) is 5.35. The second-order valence-electron chi connectivity index (χ2n) is 5.50. The number of sulfonamides is 1. The quantitative estimate of drug-likeness (QED) is 0.839. The van der Waals surface area contributed by atoms with E-state index in [2.05, 4.69) is 10.2 Å². The Morgan fingerprint density at radius 3 is 2.64 bits per heavy atom. The molecule has 22 heavy (non-hydrogen) atoms. The molecule has 1 aliphatic carbocycles. The second-order valence-corrected chi connectivity index (χ2v) is 7.51. The number of halogens is 1.